The van der Waals surface area contributed by atoms with Gasteiger partial charge in [0.05, 0.1) is 5.52 Å². The van der Waals surface area contributed by atoms with E-state index < -0.39 is 0 Å². The van der Waals surface area contributed by atoms with Crippen molar-refractivity contribution >= 4 is 26.8 Å². The minimum absolute atomic E-state index is 0.238. The standard InChI is InChI=1S/C11H9BrFN/c1-6-3-7(2)14-11-9(6)4-8(13)5-10(11)12/h3-5H,1-2H3. The molecule has 0 amide bonds. The van der Waals surface area contributed by atoms with E-state index in [-0.39, 0.29) is 5.82 Å². The van der Waals surface area contributed by atoms with Crippen LogP contribution >= 0.6 is 15.9 Å². The van der Waals surface area contributed by atoms with Crippen LogP contribution in [0.1, 0.15) is 11.3 Å². The third-order valence-corrected chi connectivity index (χ3v) is 2.77. The second-order valence-electron chi connectivity index (χ2n) is 3.36. The SMILES string of the molecule is Cc1cc(C)c2cc(F)cc(Br)c2n1. The molecule has 72 valence electrons. The van der Waals surface area contributed by atoms with Crippen LogP contribution in [0.15, 0.2) is 22.7 Å². The topological polar surface area (TPSA) is 12.9 Å². The van der Waals surface area contributed by atoms with Gasteiger partial charge in [0.2, 0.25) is 0 Å². The van der Waals surface area contributed by atoms with E-state index in [1.165, 1.54) is 12.1 Å². The molecule has 1 aromatic carbocycles. The van der Waals surface area contributed by atoms with E-state index in [1.807, 2.05) is 19.9 Å². The zero-order valence-electron chi connectivity index (χ0n) is 7.94. The van der Waals surface area contributed by atoms with Crippen LogP contribution < -0.4 is 0 Å². The average molecular weight is 254 g/mol. The molecule has 0 spiro atoms. The molecule has 0 unspecified atom stereocenters. The second-order valence-corrected chi connectivity index (χ2v) is 4.22. The lowest BCUT2D eigenvalue weighted by Gasteiger charge is -2.05. The van der Waals surface area contributed by atoms with E-state index >= 15 is 0 Å². The summed E-state index contributed by atoms with van der Waals surface area (Å²) in [5.41, 5.74) is 2.82. The number of rotatable bonds is 0. The molecule has 14 heavy (non-hydrogen) atoms. The van der Waals surface area contributed by atoms with Gasteiger partial charge < -0.3 is 0 Å². The largest absolute Gasteiger partial charge is 0.252 e. The summed E-state index contributed by atoms with van der Waals surface area (Å²) in [4.78, 5) is 4.36. The third-order valence-electron chi connectivity index (χ3n) is 2.17. The normalized spacial score (nSPS) is 10.9. The lowest BCUT2D eigenvalue weighted by molar-refractivity contribution is 0.628. The monoisotopic (exact) mass is 253 g/mol. The third kappa shape index (κ3) is 1.52. The molecule has 1 heterocycles. The number of benzene rings is 1. The molecule has 1 nitrogen and oxygen atoms in total. The summed E-state index contributed by atoms with van der Waals surface area (Å²) >= 11 is 3.31. The Morgan fingerprint density at radius 1 is 1.21 bits per heavy atom. The quantitative estimate of drug-likeness (QED) is 0.697. The highest BCUT2D eigenvalue weighted by Gasteiger charge is 2.06. The van der Waals surface area contributed by atoms with Crippen molar-refractivity contribution in [3.05, 3.63) is 39.7 Å². The molecule has 0 atom stereocenters. The molecule has 0 aliphatic rings. The Morgan fingerprint density at radius 3 is 2.64 bits per heavy atom. The number of aromatic nitrogens is 1. The van der Waals surface area contributed by atoms with Crippen molar-refractivity contribution < 1.29 is 4.39 Å². The van der Waals surface area contributed by atoms with Gasteiger partial charge >= 0.3 is 0 Å². The van der Waals surface area contributed by atoms with Crippen molar-refractivity contribution in [2.75, 3.05) is 0 Å². The maximum atomic E-state index is 13.1. The first kappa shape index (κ1) is 9.59. The fourth-order valence-electron chi connectivity index (χ4n) is 1.58. The molecule has 0 radical (unpaired) electrons. The number of hydrogen-bond donors (Lipinski definition) is 0. The number of pyridine rings is 1. The van der Waals surface area contributed by atoms with Gasteiger partial charge in [-0.05, 0) is 53.5 Å². The van der Waals surface area contributed by atoms with Crippen LogP contribution in [0.4, 0.5) is 4.39 Å². The molecule has 0 fully saturated rings. The van der Waals surface area contributed by atoms with Crippen LogP contribution in [-0.4, -0.2) is 4.98 Å². The Bertz CT molecular complexity index is 461. The fraction of sp³-hybridized carbons (Fsp3) is 0.182. The minimum Gasteiger partial charge on any atom is -0.252 e. The summed E-state index contributed by atoms with van der Waals surface area (Å²) in [6, 6.07) is 4.91. The summed E-state index contributed by atoms with van der Waals surface area (Å²) in [5, 5.41) is 0.863. The maximum absolute atomic E-state index is 13.1. The summed E-state index contributed by atoms with van der Waals surface area (Å²) in [5.74, 6) is -0.238. The van der Waals surface area contributed by atoms with Crippen LogP contribution in [0.25, 0.3) is 10.9 Å². The Labute approximate surface area is 90.1 Å². The highest BCUT2D eigenvalue weighted by atomic mass is 79.9. The van der Waals surface area contributed by atoms with Crippen molar-refractivity contribution in [3.8, 4) is 0 Å². The molecule has 0 saturated carbocycles. The second kappa shape index (κ2) is 3.31. The first-order chi connectivity index (χ1) is 6.58. The van der Waals surface area contributed by atoms with Crippen LogP contribution in [0.5, 0.6) is 0 Å². The van der Waals surface area contributed by atoms with E-state index in [9.17, 15) is 4.39 Å². The molecule has 0 aliphatic heterocycles. The smallest absolute Gasteiger partial charge is 0.125 e. The Balaban J connectivity index is 2.94. The van der Waals surface area contributed by atoms with Gasteiger partial charge in [0.1, 0.15) is 5.82 Å². The van der Waals surface area contributed by atoms with Gasteiger partial charge in [0.15, 0.2) is 0 Å². The average Bonchev–Trinajstić information content (AvgIpc) is 2.07. The molecule has 2 rings (SSSR count). The van der Waals surface area contributed by atoms with E-state index in [1.54, 1.807) is 0 Å². The Kier molecular flexibility index (Phi) is 2.27. The zero-order valence-corrected chi connectivity index (χ0v) is 9.52. The molecular weight excluding hydrogens is 245 g/mol. The molecular formula is C11H9BrFN. The molecule has 0 saturated heterocycles. The van der Waals surface area contributed by atoms with Crippen LogP contribution in [0, 0.1) is 19.7 Å². The van der Waals surface area contributed by atoms with Gasteiger partial charge in [-0.25, -0.2) is 4.39 Å². The molecule has 0 N–H and O–H groups in total. The first-order valence-corrected chi connectivity index (χ1v) is 5.10. The number of fused-ring (bicyclic) bond motifs is 1. The summed E-state index contributed by atoms with van der Waals surface area (Å²) in [6.07, 6.45) is 0. The lowest BCUT2D eigenvalue weighted by atomic mass is 10.1. The van der Waals surface area contributed by atoms with Crippen LogP contribution in [0.3, 0.4) is 0 Å². The van der Waals surface area contributed by atoms with Gasteiger partial charge in [-0.3, -0.25) is 4.98 Å². The Morgan fingerprint density at radius 2 is 1.93 bits per heavy atom. The van der Waals surface area contributed by atoms with Crippen LogP contribution in [-0.2, 0) is 0 Å². The number of nitrogens with zero attached hydrogens (tertiary/aromatic N) is 1. The lowest BCUT2D eigenvalue weighted by Crippen LogP contribution is -1.89. The molecule has 0 aliphatic carbocycles. The fourth-order valence-corrected chi connectivity index (χ4v) is 2.10. The van der Waals surface area contributed by atoms with Gasteiger partial charge in [0, 0.05) is 15.6 Å². The first-order valence-electron chi connectivity index (χ1n) is 4.31. The number of halogens is 2. The van der Waals surface area contributed by atoms with Gasteiger partial charge in [-0.1, -0.05) is 0 Å². The van der Waals surface area contributed by atoms with Crippen molar-refractivity contribution in [2.24, 2.45) is 0 Å². The van der Waals surface area contributed by atoms with E-state index in [2.05, 4.69) is 20.9 Å². The van der Waals surface area contributed by atoms with Crippen molar-refractivity contribution in [1.82, 2.24) is 4.98 Å². The highest BCUT2D eigenvalue weighted by molar-refractivity contribution is 9.10. The van der Waals surface area contributed by atoms with Gasteiger partial charge in [-0.2, -0.15) is 0 Å². The van der Waals surface area contributed by atoms with Crippen LogP contribution in [0.2, 0.25) is 0 Å². The maximum Gasteiger partial charge on any atom is 0.125 e. The van der Waals surface area contributed by atoms with Crippen molar-refractivity contribution in [3.63, 3.8) is 0 Å². The molecule has 3 heteroatoms. The van der Waals surface area contributed by atoms with E-state index in [4.69, 9.17) is 0 Å². The van der Waals surface area contributed by atoms with Crippen molar-refractivity contribution in [1.29, 1.82) is 0 Å². The highest BCUT2D eigenvalue weighted by Crippen LogP contribution is 2.26. The van der Waals surface area contributed by atoms with Crippen molar-refractivity contribution in [2.45, 2.75) is 13.8 Å². The number of aryl methyl sites for hydroxylation is 2. The molecule has 0 bridgehead atoms. The Hall–Kier alpha value is -0.960. The number of hydrogen-bond acceptors (Lipinski definition) is 1. The van der Waals surface area contributed by atoms with Gasteiger partial charge in [0.25, 0.3) is 0 Å². The predicted molar refractivity (Wildman–Crippen MR) is 58.9 cm³/mol. The zero-order chi connectivity index (χ0) is 10.3. The molecule has 1 aromatic heterocycles. The van der Waals surface area contributed by atoms with Gasteiger partial charge in [-0.15, -0.1) is 0 Å². The molecule has 2 aromatic rings. The summed E-state index contributed by atoms with van der Waals surface area (Å²) in [7, 11) is 0. The van der Waals surface area contributed by atoms with E-state index in [0.29, 0.717) is 4.47 Å². The summed E-state index contributed by atoms with van der Waals surface area (Å²) < 4.78 is 13.8. The van der Waals surface area contributed by atoms with E-state index in [0.717, 1.165) is 22.2 Å². The summed E-state index contributed by atoms with van der Waals surface area (Å²) in [6.45, 7) is 3.89. The predicted octanol–water partition coefficient (Wildman–Crippen LogP) is 3.75. The minimum atomic E-state index is -0.238.